The van der Waals surface area contributed by atoms with Crippen LogP contribution in [0, 0.1) is 0 Å². The summed E-state index contributed by atoms with van der Waals surface area (Å²) in [6.45, 7) is 0. The van der Waals surface area contributed by atoms with Crippen LogP contribution in [0.3, 0.4) is 0 Å². The van der Waals surface area contributed by atoms with E-state index in [1.54, 1.807) is 39.3 Å². The Kier molecular flexibility index (Phi) is 3.74. The molecule has 1 aromatic carbocycles. The summed E-state index contributed by atoms with van der Waals surface area (Å²) in [5.41, 5.74) is 0.833. The Balaban J connectivity index is 2.45. The van der Waals surface area contributed by atoms with Crippen molar-refractivity contribution in [3.63, 3.8) is 0 Å². The zero-order chi connectivity index (χ0) is 14.0. The van der Waals surface area contributed by atoms with Gasteiger partial charge in [0.05, 0.1) is 17.2 Å². The Labute approximate surface area is 112 Å². The van der Waals surface area contributed by atoms with Gasteiger partial charge in [-0.2, -0.15) is 0 Å². The van der Waals surface area contributed by atoms with Crippen molar-refractivity contribution in [3.05, 3.63) is 29.3 Å². The van der Waals surface area contributed by atoms with Gasteiger partial charge in [-0.1, -0.05) is 6.07 Å². The van der Waals surface area contributed by atoms with Gasteiger partial charge in [-0.05, 0) is 25.0 Å². The van der Waals surface area contributed by atoms with E-state index in [1.165, 1.54) is 4.90 Å². The second-order valence-electron chi connectivity index (χ2n) is 4.78. The first-order valence-corrected chi connectivity index (χ1v) is 6.28. The lowest BCUT2D eigenvalue weighted by atomic mass is 10.1. The molecule has 1 saturated carbocycles. The van der Waals surface area contributed by atoms with E-state index in [9.17, 15) is 9.59 Å². The van der Waals surface area contributed by atoms with Gasteiger partial charge in [-0.3, -0.25) is 9.59 Å². The third kappa shape index (κ3) is 2.86. The Morgan fingerprint density at radius 2 is 1.89 bits per heavy atom. The molecule has 1 fully saturated rings. The van der Waals surface area contributed by atoms with Crippen molar-refractivity contribution >= 4 is 11.8 Å². The predicted molar refractivity (Wildman–Crippen MR) is 71.5 cm³/mol. The number of carbonyl (C=O) groups is 2. The number of hydrogen-bond donors (Lipinski definition) is 1. The average Bonchev–Trinajstić information content (AvgIpc) is 3.21. The molecule has 1 aliphatic carbocycles. The molecule has 5 nitrogen and oxygen atoms in total. The predicted octanol–water partition coefficient (Wildman–Crippen LogP) is 1.29. The first-order valence-electron chi connectivity index (χ1n) is 6.28. The summed E-state index contributed by atoms with van der Waals surface area (Å²) in [4.78, 5) is 25.5. The average molecular weight is 262 g/mol. The van der Waals surface area contributed by atoms with Crippen molar-refractivity contribution in [2.24, 2.45) is 0 Å². The highest BCUT2D eigenvalue weighted by atomic mass is 16.5. The van der Waals surface area contributed by atoms with Crippen LogP contribution < -0.4 is 10.1 Å². The fourth-order valence-corrected chi connectivity index (χ4v) is 1.74. The maximum atomic E-state index is 12.1. The van der Waals surface area contributed by atoms with Crippen LogP contribution in [0.25, 0.3) is 0 Å². The van der Waals surface area contributed by atoms with E-state index < -0.39 is 0 Å². The number of carbonyl (C=O) groups excluding carboxylic acids is 2. The maximum Gasteiger partial charge on any atom is 0.257 e. The van der Waals surface area contributed by atoms with Crippen molar-refractivity contribution in [1.82, 2.24) is 10.2 Å². The molecule has 19 heavy (non-hydrogen) atoms. The summed E-state index contributed by atoms with van der Waals surface area (Å²) in [7, 11) is 4.91. The van der Waals surface area contributed by atoms with Crippen LogP contribution in [0.1, 0.15) is 33.6 Å². The lowest BCUT2D eigenvalue weighted by Crippen LogP contribution is -2.25. The molecule has 5 heteroatoms. The van der Waals surface area contributed by atoms with Crippen LogP contribution in [0.15, 0.2) is 18.2 Å². The summed E-state index contributed by atoms with van der Waals surface area (Å²) in [5.74, 6) is -0.0199. The molecular weight excluding hydrogens is 244 g/mol. The number of hydrogen-bond acceptors (Lipinski definition) is 3. The smallest absolute Gasteiger partial charge is 0.257 e. The highest BCUT2D eigenvalue weighted by Gasteiger charge is 2.29. The van der Waals surface area contributed by atoms with Crippen LogP contribution >= 0.6 is 0 Å². The lowest BCUT2D eigenvalue weighted by molar-refractivity contribution is 0.0822. The highest BCUT2D eigenvalue weighted by Crippen LogP contribution is 2.32. The van der Waals surface area contributed by atoms with E-state index in [1.807, 2.05) is 0 Å². The van der Waals surface area contributed by atoms with Crippen molar-refractivity contribution in [3.8, 4) is 5.75 Å². The molecule has 0 bridgehead atoms. The monoisotopic (exact) mass is 262 g/mol. The van der Waals surface area contributed by atoms with Crippen molar-refractivity contribution in [1.29, 1.82) is 0 Å². The number of para-hydroxylation sites is 1. The molecule has 0 radical (unpaired) electrons. The first-order chi connectivity index (χ1) is 9.04. The van der Waals surface area contributed by atoms with Gasteiger partial charge < -0.3 is 15.0 Å². The molecule has 1 aliphatic rings. The first kappa shape index (κ1) is 13.4. The van der Waals surface area contributed by atoms with Gasteiger partial charge in [0.2, 0.25) is 0 Å². The van der Waals surface area contributed by atoms with Gasteiger partial charge in [0.1, 0.15) is 5.75 Å². The molecule has 1 aromatic rings. The zero-order valence-electron chi connectivity index (χ0n) is 11.4. The topological polar surface area (TPSA) is 58.6 Å². The Morgan fingerprint density at radius 3 is 2.42 bits per heavy atom. The van der Waals surface area contributed by atoms with Gasteiger partial charge >= 0.3 is 0 Å². The number of nitrogens with one attached hydrogen (secondary N) is 1. The molecule has 0 unspecified atom stereocenters. The van der Waals surface area contributed by atoms with Crippen LogP contribution in [0.5, 0.6) is 5.75 Å². The minimum atomic E-state index is -0.246. The van der Waals surface area contributed by atoms with Crippen LogP contribution in [0.4, 0.5) is 0 Å². The summed E-state index contributed by atoms with van der Waals surface area (Å²) < 4.78 is 5.77. The second-order valence-corrected chi connectivity index (χ2v) is 4.78. The summed E-state index contributed by atoms with van der Waals surface area (Å²) >= 11 is 0. The number of ether oxygens (including phenoxy) is 1. The molecule has 0 saturated heterocycles. The molecule has 0 spiro atoms. The van der Waals surface area contributed by atoms with E-state index in [2.05, 4.69) is 5.32 Å². The standard InChI is InChI=1S/C14H18N2O3/c1-15-13(17)10-5-4-6-11(14(18)16(2)3)12(10)19-9-7-8-9/h4-6,9H,7-8H2,1-3H3,(H,15,17). The van der Waals surface area contributed by atoms with Gasteiger partial charge in [-0.25, -0.2) is 0 Å². The molecule has 0 aliphatic heterocycles. The molecular formula is C14H18N2O3. The normalized spacial score (nSPS) is 13.8. The second kappa shape index (κ2) is 5.30. The highest BCUT2D eigenvalue weighted by molar-refractivity contribution is 6.03. The van der Waals surface area contributed by atoms with Crippen LogP contribution in [-0.4, -0.2) is 44.0 Å². The van der Waals surface area contributed by atoms with Crippen molar-refractivity contribution in [2.75, 3.05) is 21.1 Å². The molecule has 2 amide bonds. The summed E-state index contributed by atoms with van der Waals surface area (Å²) in [5, 5.41) is 2.57. The lowest BCUT2D eigenvalue weighted by Gasteiger charge is -2.17. The zero-order valence-corrected chi connectivity index (χ0v) is 11.4. The van der Waals surface area contributed by atoms with E-state index in [-0.39, 0.29) is 17.9 Å². The fourth-order valence-electron chi connectivity index (χ4n) is 1.74. The molecule has 1 N–H and O–H groups in total. The summed E-state index contributed by atoms with van der Waals surface area (Å²) in [6.07, 6.45) is 2.06. The number of nitrogens with zero attached hydrogens (tertiary/aromatic N) is 1. The number of benzene rings is 1. The fraction of sp³-hybridized carbons (Fsp3) is 0.429. The van der Waals surface area contributed by atoms with E-state index >= 15 is 0 Å². The quantitative estimate of drug-likeness (QED) is 0.889. The van der Waals surface area contributed by atoms with Gasteiger partial charge in [0, 0.05) is 21.1 Å². The van der Waals surface area contributed by atoms with E-state index in [4.69, 9.17) is 4.74 Å². The van der Waals surface area contributed by atoms with Crippen LogP contribution in [0.2, 0.25) is 0 Å². The summed E-state index contributed by atoms with van der Waals surface area (Å²) in [6, 6.07) is 5.05. The van der Waals surface area contributed by atoms with Gasteiger partial charge in [0.15, 0.2) is 0 Å². The van der Waals surface area contributed by atoms with Gasteiger partial charge in [-0.15, -0.1) is 0 Å². The van der Waals surface area contributed by atoms with Gasteiger partial charge in [0.25, 0.3) is 11.8 Å². The molecule has 0 heterocycles. The Hall–Kier alpha value is -2.04. The third-order valence-corrected chi connectivity index (χ3v) is 2.93. The van der Waals surface area contributed by atoms with E-state index in [0.29, 0.717) is 16.9 Å². The Morgan fingerprint density at radius 1 is 1.26 bits per heavy atom. The molecule has 102 valence electrons. The SMILES string of the molecule is CNC(=O)c1cccc(C(=O)N(C)C)c1OC1CC1. The van der Waals surface area contributed by atoms with Crippen LogP contribution in [-0.2, 0) is 0 Å². The minimum absolute atomic E-state index is 0.125. The minimum Gasteiger partial charge on any atom is -0.489 e. The molecule has 0 aromatic heterocycles. The van der Waals surface area contributed by atoms with Crippen molar-refractivity contribution in [2.45, 2.75) is 18.9 Å². The third-order valence-electron chi connectivity index (χ3n) is 2.93. The molecule has 2 rings (SSSR count). The van der Waals surface area contributed by atoms with Crippen molar-refractivity contribution < 1.29 is 14.3 Å². The molecule has 0 atom stereocenters. The largest absolute Gasteiger partial charge is 0.489 e. The van der Waals surface area contributed by atoms with E-state index in [0.717, 1.165) is 12.8 Å². The number of rotatable bonds is 4. The Bertz CT molecular complexity index is 507. The number of amides is 2. The maximum absolute atomic E-state index is 12.1.